The molecule has 1 saturated carbocycles. The van der Waals surface area contributed by atoms with E-state index >= 15 is 0 Å². The van der Waals surface area contributed by atoms with Gasteiger partial charge < -0.3 is 19.2 Å². The Hall–Kier alpha value is -4.11. The maximum atomic E-state index is 13.4. The van der Waals surface area contributed by atoms with Crippen LogP contribution in [-0.4, -0.2) is 49.7 Å². The molecule has 0 atom stereocenters. The van der Waals surface area contributed by atoms with Crippen molar-refractivity contribution in [2.75, 3.05) is 24.5 Å². The molecule has 7 rings (SSSR count). The van der Waals surface area contributed by atoms with Gasteiger partial charge in [0.25, 0.3) is 5.56 Å². The first-order valence-electron chi connectivity index (χ1n) is 13.5. The van der Waals surface area contributed by atoms with E-state index in [1.807, 2.05) is 47.5 Å². The molecule has 1 saturated heterocycles. The SMILES string of the molecule is O=c1c2cncc(N3CC(c4ccncc4)C3)c2ccn1Cc1cn2cc(CNCC3CC(F)C3)ccc2n1. The topological polar surface area (TPSA) is 80.4 Å². The Morgan fingerprint density at radius 3 is 2.64 bits per heavy atom. The number of nitrogens with one attached hydrogen (secondary N) is 1. The van der Waals surface area contributed by atoms with Crippen LogP contribution in [0.1, 0.15) is 35.6 Å². The van der Waals surface area contributed by atoms with Crippen molar-refractivity contribution in [3.8, 4) is 0 Å². The largest absolute Gasteiger partial charge is 0.368 e. The summed E-state index contributed by atoms with van der Waals surface area (Å²) in [6.07, 6.45) is 13.8. The molecule has 8 nitrogen and oxygen atoms in total. The van der Waals surface area contributed by atoms with Gasteiger partial charge in [-0.15, -0.1) is 0 Å². The minimum absolute atomic E-state index is 0.0680. The van der Waals surface area contributed by atoms with Gasteiger partial charge in [0.15, 0.2) is 0 Å². The molecular weight excluding hydrogens is 493 g/mol. The summed E-state index contributed by atoms with van der Waals surface area (Å²) in [6, 6.07) is 10.2. The fraction of sp³-hybridized carbons (Fsp3) is 0.333. The molecule has 6 heterocycles. The standard InChI is InChI=1S/C30H30FN7O/c31-24-9-21(10-24)12-33-11-20-1-2-29-35-25(19-38(29)15-20)18-36-8-5-26-27(30(36)39)13-34-14-28(26)37-16-23(17-37)22-3-6-32-7-4-22/h1-8,13-15,19,21,23-24,33H,9-12,16-18H2. The van der Waals surface area contributed by atoms with Crippen LogP contribution in [-0.2, 0) is 13.1 Å². The summed E-state index contributed by atoms with van der Waals surface area (Å²) in [5.41, 5.74) is 5.02. The van der Waals surface area contributed by atoms with Crippen molar-refractivity contribution in [1.82, 2.24) is 29.2 Å². The van der Waals surface area contributed by atoms with Crippen LogP contribution in [0.3, 0.4) is 0 Å². The summed E-state index contributed by atoms with van der Waals surface area (Å²) in [5, 5.41) is 4.98. The zero-order valence-electron chi connectivity index (χ0n) is 21.6. The number of anilines is 1. The second kappa shape index (κ2) is 9.89. The normalized spacial score (nSPS) is 19.4. The molecule has 0 spiro atoms. The molecule has 39 heavy (non-hydrogen) atoms. The van der Waals surface area contributed by atoms with E-state index in [1.165, 1.54) is 5.56 Å². The summed E-state index contributed by atoms with van der Waals surface area (Å²) in [4.78, 5) is 28.9. The Bertz CT molecular complexity index is 1690. The van der Waals surface area contributed by atoms with E-state index in [0.717, 1.165) is 54.2 Å². The minimum Gasteiger partial charge on any atom is -0.368 e. The number of imidazole rings is 1. The summed E-state index contributed by atoms with van der Waals surface area (Å²) < 4.78 is 16.7. The van der Waals surface area contributed by atoms with Crippen LogP contribution in [0.2, 0.25) is 0 Å². The fourth-order valence-corrected chi connectivity index (χ4v) is 5.78. The lowest BCUT2D eigenvalue weighted by atomic mass is 9.83. The van der Waals surface area contributed by atoms with Gasteiger partial charge in [-0.25, -0.2) is 9.37 Å². The van der Waals surface area contributed by atoms with Crippen molar-refractivity contribution in [2.24, 2.45) is 5.92 Å². The number of halogens is 1. The van der Waals surface area contributed by atoms with Gasteiger partial charge in [0.05, 0.1) is 29.5 Å². The van der Waals surface area contributed by atoms with Gasteiger partial charge in [0.1, 0.15) is 11.8 Å². The first-order chi connectivity index (χ1) is 19.1. The number of fused-ring (bicyclic) bond motifs is 2. The highest BCUT2D eigenvalue weighted by molar-refractivity contribution is 5.93. The van der Waals surface area contributed by atoms with Crippen molar-refractivity contribution in [2.45, 2.75) is 38.0 Å². The van der Waals surface area contributed by atoms with E-state index in [1.54, 1.807) is 10.8 Å². The molecule has 0 bridgehead atoms. The molecule has 1 aliphatic heterocycles. The second-order valence-electron chi connectivity index (χ2n) is 10.9. The molecule has 1 N–H and O–H groups in total. The van der Waals surface area contributed by atoms with Crippen LogP contribution in [0.4, 0.5) is 10.1 Å². The fourth-order valence-electron chi connectivity index (χ4n) is 5.78. The van der Waals surface area contributed by atoms with Gasteiger partial charge in [0, 0.05) is 68.1 Å². The van der Waals surface area contributed by atoms with Crippen molar-refractivity contribution >= 4 is 22.1 Å². The minimum atomic E-state index is -0.614. The van der Waals surface area contributed by atoms with Crippen molar-refractivity contribution in [3.63, 3.8) is 0 Å². The van der Waals surface area contributed by atoms with Gasteiger partial charge in [0.2, 0.25) is 0 Å². The maximum absolute atomic E-state index is 13.4. The smallest absolute Gasteiger partial charge is 0.260 e. The molecule has 2 aliphatic rings. The van der Waals surface area contributed by atoms with Gasteiger partial charge in [-0.3, -0.25) is 14.8 Å². The van der Waals surface area contributed by atoms with Crippen LogP contribution in [0.15, 0.2) is 78.5 Å². The quantitative estimate of drug-likeness (QED) is 0.332. The first-order valence-corrected chi connectivity index (χ1v) is 13.5. The molecule has 0 radical (unpaired) electrons. The van der Waals surface area contributed by atoms with Gasteiger partial charge in [-0.2, -0.15) is 0 Å². The lowest BCUT2D eigenvalue weighted by Crippen LogP contribution is -2.45. The number of aromatic nitrogens is 5. The lowest BCUT2D eigenvalue weighted by molar-refractivity contribution is 0.129. The molecule has 2 fully saturated rings. The Morgan fingerprint density at radius 1 is 0.974 bits per heavy atom. The summed E-state index contributed by atoms with van der Waals surface area (Å²) in [6.45, 7) is 3.75. The van der Waals surface area contributed by atoms with Crippen molar-refractivity contribution < 1.29 is 4.39 Å². The van der Waals surface area contributed by atoms with Crippen LogP contribution >= 0.6 is 0 Å². The summed E-state index contributed by atoms with van der Waals surface area (Å²) >= 11 is 0. The monoisotopic (exact) mass is 523 g/mol. The molecule has 5 aromatic heterocycles. The molecule has 0 unspecified atom stereocenters. The molecule has 5 aromatic rings. The number of hydrogen-bond donors (Lipinski definition) is 1. The van der Waals surface area contributed by atoms with Gasteiger partial charge >= 0.3 is 0 Å². The van der Waals surface area contributed by atoms with Gasteiger partial charge in [-0.05, 0) is 60.7 Å². The average molecular weight is 524 g/mol. The van der Waals surface area contributed by atoms with E-state index in [0.29, 0.717) is 36.6 Å². The van der Waals surface area contributed by atoms with Crippen LogP contribution in [0.25, 0.3) is 16.4 Å². The third-order valence-electron chi connectivity index (χ3n) is 8.11. The number of nitrogens with zero attached hydrogens (tertiary/aromatic N) is 6. The number of pyridine rings is 4. The van der Waals surface area contributed by atoms with E-state index in [4.69, 9.17) is 4.98 Å². The molecule has 0 amide bonds. The number of rotatable bonds is 8. The Morgan fingerprint density at radius 2 is 1.82 bits per heavy atom. The molecule has 198 valence electrons. The van der Waals surface area contributed by atoms with E-state index in [-0.39, 0.29) is 5.56 Å². The number of hydrogen-bond acceptors (Lipinski definition) is 6. The zero-order chi connectivity index (χ0) is 26.3. The summed E-state index contributed by atoms with van der Waals surface area (Å²) in [7, 11) is 0. The summed E-state index contributed by atoms with van der Waals surface area (Å²) in [5.74, 6) is 0.909. The van der Waals surface area contributed by atoms with E-state index < -0.39 is 6.17 Å². The van der Waals surface area contributed by atoms with Gasteiger partial charge in [-0.1, -0.05) is 6.07 Å². The van der Waals surface area contributed by atoms with Crippen LogP contribution in [0, 0.1) is 5.92 Å². The van der Waals surface area contributed by atoms with Crippen molar-refractivity contribution in [3.05, 3.63) is 101 Å². The Balaban J connectivity index is 1.06. The lowest BCUT2D eigenvalue weighted by Gasteiger charge is -2.41. The van der Waals surface area contributed by atoms with E-state index in [2.05, 4.69) is 44.6 Å². The van der Waals surface area contributed by atoms with E-state index in [9.17, 15) is 9.18 Å². The molecule has 1 aliphatic carbocycles. The number of alkyl halides is 1. The average Bonchev–Trinajstić information content (AvgIpc) is 3.31. The highest BCUT2D eigenvalue weighted by atomic mass is 19.1. The second-order valence-corrected chi connectivity index (χ2v) is 10.9. The Labute approximate surface area is 225 Å². The van der Waals surface area contributed by atoms with Crippen LogP contribution in [0.5, 0.6) is 0 Å². The highest BCUT2D eigenvalue weighted by Gasteiger charge is 2.30. The molecule has 0 aromatic carbocycles. The first kappa shape index (κ1) is 24.0. The predicted octanol–water partition coefficient (Wildman–Crippen LogP) is 3.93. The maximum Gasteiger partial charge on any atom is 0.260 e. The predicted molar refractivity (Wildman–Crippen MR) is 149 cm³/mol. The van der Waals surface area contributed by atoms with Crippen molar-refractivity contribution in [1.29, 1.82) is 0 Å². The highest BCUT2D eigenvalue weighted by Crippen LogP contribution is 2.34. The Kier molecular flexibility index (Phi) is 6.08. The third-order valence-corrected chi connectivity index (χ3v) is 8.11. The molecule has 9 heteroatoms. The third kappa shape index (κ3) is 4.67. The van der Waals surface area contributed by atoms with Crippen LogP contribution < -0.4 is 15.8 Å². The zero-order valence-corrected chi connectivity index (χ0v) is 21.6. The molecular formula is C30H30FN7O.